The van der Waals surface area contributed by atoms with Gasteiger partial charge in [-0.2, -0.15) is 0 Å². The zero-order valence-electron chi connectivity index (χ0n) is 8.23. The van der Waals surface area contributed by atoms with Crippen LogP contribution >= 0.6 is 0 Å². The summed E-state index contributed by atoms with van der Waals surface area (Å²) >= 11 is 0. The topological polar surface area (TPSA) is 140 Å². The number of carbonyl (C=O) groups excluding carboxylic acids is 1. The Balaban J connectivity index is 0.000000265. The van der Waals surface area contributed by atoms with E-state index < -0.39 is 18.6 Å². The molecule has 1 atom stereocenters. The van der Waals surface area contributed by atoms with E-state index in [0.717, 1.165) is 0 Å². The predicted octanol–water partition coefficient (Wildman–Crippen LogP) is -2.63. The third kappa shape index (κ3) is 4.93. The maximum Gasteiger partial charge on any atom is 0.322 e. The second-order valence-electron chi connectivity index (χ2n) is 2.88. The number of carboxylic acids is 1. The number of aliphatic hydroxyl groups excluding tert-OH is 1. The molecule has 0 spiro atoms. The number of nitrogens with two attached hydrogens (primary N) is 1. The zero-order valence-corrected chi connectivity index (χ0v) is 8.23. The van der Waals surface area contributed by atoms with Crippen LogP contribution in [0.2, 0.25) is 0 Å². The molecule has 1 amide bonds. The van der Waals surface area contributed by atoms with Crippen molar-refractivity contribution in [2.75, 3.05) is 20.2 Å². The van der Waals surface area contributed by atoms with Crippen molar-refractivity contribution in [2.45, 2.75) is 6.04 Å². The number of nitrogens with zero attached hydrogens (tertiary/aromatic N) is 1. The molecule has 8 heteroatoms. The van der Waals surface area contributed by atoms with E-state index in [4.69, 9.17) is 21.4 Å². The van der Waals surface area contributed by atoms with Crippen LogP contribution in [-0.2, 0) is 9.59 Å². The van der Waals surface area contributed by atoms with Crippen molar-refractivity contribution >= 4 is 17.8 Å². The highest BCUT2D eigenvalue weighted by molar-refractivity contribution is 6.02. The summed E-state index contributed by atoms with van der Waals surface area (Å²) in [6.07, 6.45) is 0. The summed E-state index contributed by atoms with van der Waals surface area (Å²) in [4.78, 5) is 21.6. The van der Waals surface area contributed by atoms with Crippen molar-refractivity contribution < 1.29 is 19.8 Å². The van der Waals surface area contributed by atoms with Gasteiger partial charge in [0.2, 0.25) is 5.91 Å². The summed E-state index contributed by atoms with van der Waals surface area (Å²) < 4.78 is 0. The van der Waals surface area contributed by atoms with E-state index in [9.17, 15) is 9.59 Å². The lowest BCUT2D eigenvalue weighted by atomic mass is 10.3. The van der Waals surface area contributed by atoms with Crippen molar-refractivity contribution in [2.24, 2.45) is 5.73 Å². The molecule has 1 unspecified atom stereocenters. The Labute approximate surface area is 86.2 Å². The summed E-state index contributed by atoms with van der Waals surface area (Å²) in [5, 5.41) is 25.2. The molecule has 1 aliphatic rings. The molecule has 1 saturated heterocycles. The highest BCUT2D eigenvalue weighted by Crippen LogP contribution is 1.89. The Morgan fingerprint density at radius 2 is 2.33 bits per heavy atom. The largest absolute Gasteiger partial charge is 0.480 e. The second kappa shape index (κ2) is 5.94. The Morgan fingerprint density at radius 3 is 2.40 bits per heavy atom. The first kappa shape index (κ1) is 13.3. The van der Waals surface area contributed by atoms with Gasteiger partial charge in [0.15, 0.2) is 5.96 Å². The highest BCUT2D eigenvalue weighted by Gasteiger charge is 2.18. The van der Waals surface area contributed by atoms with Crippen LogP contribution in [0.25, 0.3) is 0 Å². The number of nitrogens with one attached hydrogen (secondary N) is 2. The molecule has 6 N–H and O–H groups in total. The maximum absolute atomic E-state index is 10.4. The van der Waals surface area contributed by atoms with E-state index in [-0.39, 0.29) is 11.9 Å². The Bertz CT molecular complexity index is 268. The first-order valence-corrected chi connectivity index (χ1v) is 4.07. The van der Waals surface area contributed by atoms with E-state index in [1.165, 1.54) is 0 Å². The molecule has 0 bridgehead atoms. The van der Waals surface area contributed by atoms with Gasteiger partial charge in [-0.25, -0.2) is 0 Å². The fraction of sp³-hybridized carbons (Fsp3) is 0.571. The van der Waals surface area contributed by atoms with Crippen molar-refractivity contribution in [3.8, 4) is 0 Å². The molecule has 1 rings (SSSR count). The van der Waals surface area contributed by atoms with Gasteiger partial charge in [-0.1, -0.05) is 0 Å². The fourth-order valence-electron chi connectivity index (χ4n) is 0.640. The van der Waals surface area contributed by atoms with E-state index in [2.05, 4.69) is 5.32 Å². The lowest BCUT2D eigenvalue weighted by molar-refractivity contribution is -0.139. The van der Waals surface area contributed by atoms with E-state index in [1.807, 2.05) is 0 Å². The molecule has 0 aromatic carbocycles. The minimum atomic E-state index is -1.18. The van der Waals surface area contributed by atoms with Crippen LogP contribution in [0.5, 0.6) is 0 Å². The van der Waals surface area contributed by atoms with E-state index >= 15 is 0 Å². The molecule has 0 aromatic heterocycles. The molecule has 1 fully saturated rings. The van der Waals surface area contributed by atoms with Gasteiger partial charge in [0.1, 0.15) is 6.04 Å². The van der Waals surface area contributed by atoms with Crippen molar-refractivity contribution in [3.05, 3.63) is 0 Å². The summed E-state index contributed by atoms with van der Waals surface area (Å²) in [6, 6.07) is -1.13. The van der Waals surface area contributed by atoms with E-state index in [1.54, 1.807) is 11.9 Å². The van der Waals surface area contributed by atoms with Crippen LogP contribution in [0.3, 0.4) is 0 Å². The molecule has 1 heterocycles. The van der Waals surface area contributed by atoms with Crippen molar-refractivity contribution in [3.63, 3.8) is 0 Å². The number of rotatable bonds is 2. The summed E-state index contributed by atoms with van der Waals surface area (Å²) in [6.45, 7) is -0.186. The average Bonchev–Trinajstić information content (AvgIpc) is 2.43. The minimum Gasteiger partial charge on any atom is -0.480 e. The minimum absolute atomic E-state index is 0.0995. The molecule has 15 heavy (non-hydrogen) atoms. The molecule has 1 aliphatic heterocycles. The van der Waals surface area contributed by atoms with Crippen molar-refractivity contribution in [1.29, 1.82) is 5.41 Å². The lowest BCUT2D eigenvalue weighted by Gasteiger charge is -2.03. The fourth-order valence-corrected chi connectivity index (χ4v) is 0.640. The number of amides is 1. The smallest absolute Gasteiger partial charge is 0.322 e. The second-order valence-corrected chi connectivity index (χ2v) is 2.88. The van der Waals surface area contributed by atoms with Crippen LogP contribution in [0, 0.1) is 5.41 Å². The Kier molecular flexibility index (Phi) is 5.27. The van der Waals surface area contributed by atoms with Gasteiger partial charge in [0.25, 0.3) is 0 Å². The molecule has 0 radical (unpaired) electrons. The SMILES string of the molecule is CN1CC(=O)NC1=N.NC(CO)C(=O)O. The maximum atomic E-state index is 10.4. The molecular formula is C7H14N4O4. The Hall–Kier alpha value is -1.67. The quantitative estimate of drug-likeness (QED) is 0.343. The standard InChI is InChI=1S/C4H7N3O.C3H7NO3/c1-7-2-3(8)6-4(7)5;4-2(1-5)3(6)7/h2H2,1H3,(H2,5,6,8);2,5H,1,4H2,(H,6,7). The van der Waals surface area contributed by atoms with Gasteiger partial charge in [0, 0.05) is 7.05 Å². The average molecular weight is 218 g/mol. The Morgan fingerprint density at radius 1 is 1.80 bits per heavy atom. The molecular weight excluding hydrogens is 204 g/mol. The summed E-state index contributed by atoms with van der Waals surface area (Å²) in [7, 11) is 1.69. The van der Waals surface area contributed by atoms with Crippen LogP contribution in [0.15, 0.2) is 0 Å². The molecule has 8 nitrogen and oxygen atoms in total. The predicted molar refractivity (Wildman–Crippen MR) is 51.2 cm³/mol. The highest BCUT2D eigenvalue weighted by atomic mass is 16.4. The number of likely N-dealkylation sites (N-methyl/N-ethyl adjacent to an activating group) is 1. The lowest BCUT2D eigenvalue weighted by Crippen LogP contribution is -2.33. The molecule has 0 saturated carbocycles. The first-order chi connectivity index (χ1) is 6.88. The number of carboxylic acid groups (broad SMARTS) is 1. The van der Waals surface area contributed by atoms with Crippen LogP contribution in [0.1, 0.15) is 0 Å². The number of hydrogen-bond donors (Lipinski definition) is 5. The van der Waals surface area contributed by atoms with Gasteiger partial charge in [-0.05, 0) is 0 Å². The third-order valence-corrected chi connectivity index (χ3v) is 1.53. The molecule has 0 aliphatic carbocycles. The normalized spacial score (nSPS) is 16.6. The molecule has 86 valence electrons. The number of guanidine groups is 1. The summed E-state index contributed by atoms with van der Waals surface area (Å²) in [5.41, 5.74) is 4.77. The number of aliphatic carboxylic acids is 1. The van der Waals surface area contributed by atoms with Gasteiger partial charge in [-0.15, -0.1) is 0 Å². The van der Waals surface area contributed by atoms with Crippen LogP contribution in [0.4, 0.5) is 0 Å². The first-order valence-electron chi connectivity index (χ1n) is 4.07. The van der Waals surface area contributed by atoms with Gasteiger partial charge >= 0.3 is 5.97 Å². The monoisotopic (exact) mass is 218 g/mol. The summed E-state index contributed by atoms with van der Waals surface area (Å²) in [5.74, 6) is -1.09. The zero-order chi connectivity index (χ0) is 12.0. The number of hydrogen-bond acceptors (Lipinski definition) is 5. The van der Waals surface area contributed by atoms with Crippen LogP contribution in [-0.4, -0.2) is 59.2 Å². The number of aliphatic hydroxyl groups is 1. The van der Waals surface area contributed by atoms with Gasteiger partial charge in [-0.3, -0.25) is 20.3 Å². The number of carbonyl (C=O) groups is 2. The molecule has 0 aromatic rings. The van der Waals surface area contributed by atoms with Gasteiger partial charge < -0.3 is 20.8 Å². The van der Waals surface area contributed by atoms with E-state index in [0.29, 0.717) is 6.54 Å². The third-order valence-electron chi connectivity index (χ3n) is 1.53. The van der Waals surface area contributed by atoms with Gasteiger partial charge in [0.05, 0.1) is 13.2 Å². The van der Waals surface area contributed by atoms with Crippen molar-refractivity contribution in [1.82, 2.24) is 10.2 Å². The van der Waals surface area contributed by atoms with Crippen LogP contribution < -0.4 is 11.1 Å².